The number of hydrogen-bond donors (Lipinski definition) is 2. The molecule has 0 fully saturated rings. The van der Waals surface area contributed by atoms with Gasteiger partial charge in [-0.05, 0) is 11.6 Å². The van der Waals surface area contributed by atoms with Gasteiger partial charge in [-0.2, -0.15) is 5.10 Å². The number of H-pyrrole nitrogens is 1. The molecule has 1 amide bonds. The molecule has 0 unspecified atom stereocenters. The predicted molar refractivity (Wildman–Crippen MR) is 110 cm³/mol. The number of fused-ring (bicyclic) bond motifs is 2. The van der Waals surface area contributed by atoms with Gasteiger partial charge in [-0.3, -0.25) is 20.1 Å². The molecule has 2 aromatic carbocycles. The molecular weight excluding hydrogens is 370 g/mol. The third kappa shape index (κ3) is 3.30. The van der Waals surface area contributed by atoms with E-state index in [1.807, 2.05) is 18.2 Å². The Labute approximate surface area is 166 Å². The molecule has 0 aliphatic carbocycles. The van der Waals surface area contributed by atoms with Crippen LogP contribution in [0.5, 0.6) is 0 Å². The number of nitrogens with one attached hydrogen (secondary N) is 2. The molecule has 28 heavy (non-hydrogen) atoms. The molecule has 140 valence electrons. The van der Waals surface area contributed by atoms with Gasteiger partial charge in [0.05, 0.1) is 23.0 Å². The summed E-state index contributed by atoms with van der Waals surface area (Å²) in [7, 11) is 0. The van der Waals surface area contributed by atoms with Gasteiger partial charge < -0.3 is 0 Å². The fraction of sp³-hybridized carbons (Fsp3) is 0.190. The number of amides is 1. The number of rotatable bonds is 4. The summed E-state index contributed by atoms with van der Waals surface area (Å²) < 4.78 is 0. The van der Waals surface area contributed by atoms with Crippen LogP contribution in [-0.4, -0.2) is 32.5 Å². The van der Waals surface area contributed by atoms with Gasteiger partial charge in [-0.1, -0.05) is 42.5 Å². The second-order valence-electron chi connectivity index (χ2n) is 6.93. The van der Waals surface area contributed by atoms with Crippen molar-refractivity contribution in [3.05, 3.63) is 76.4 Å². The van der Waals surface area contributed by atoms with E-state index in [2.05, 4.69) is 49.7 Å². The number of para-hydroxylation sites is 1. The lowest BCUT2D eigenvalue weighted by molar-refractivity contribution is 0.102. The Morgan fingerprint density at radius 3 is 2.96 bits per heavy atom. The Balaban J connectivity index is 1.31. The first-order valence-electron chi connectivity index (χ1n) is 9.24. The Morgan fingerprint density at radius 2 is 2.07 bits per heavy atom. The van der Waals surface area contributed by atoms with Gasteiger partial charge in [0, 0.05) is 36.3 Å². The van der Waals surface area contributed by atoms with Crippen LogP contribution in [0.2, 0.25) is 0 Å². The third-order valence-electron chi connectivity index (χ3n) is 5.00. The fourth-order valence-electron chi connectivity index (χ4n) is 3.60. The second kappa shape index (κ2) is 7.18. The minimum Gasteiger partial charge on any atom is -0.298 e. The summed E-state index contributed by atoms with van der Waals surface area (Å²) in [6.45, 7) is 2.78. The van der Waals surface area contributed by atoms with Gasteiger partial charge in [-0.25, -0.2) is 4.98 Å². The summed E-state index contributed by atoms with van der Waals surface area (Å²) in [5, 5.41) is 11.5. The monoisotopic (exact) mass is 389 g/mol. The summed E-state index contributed by atoms with van der Waals surface area (Å²) in [5.41, 5.74) is 3.74. The molecular formula is C21H19N5OS. The highest BCUT2D eigenvalue weighted by Crippen LogP contribution is 2.29. The van der Waals surface area contributed by atoms with Crippen molar-refractivity contribution in [3.8, 4) is 0 Å². The molecule has 3 heterocycles. The quantitative estimate of drug-likeness (QED) is 0.556. The molecule has 0 saturated heterocycles. The molecule has 1 aliphatic heterocycles. The molecule has 5 rings (SSSR count). The number of carbonyl (C=O) groups is 1. The smallest absolute Gasteiger partial charge is 0.259 e. The van der Waals surface area contributed by atoms with Crippen LogP contribution in [0.3, 0.4) is 0 Å². The minimum absolute atomic E-state index is 0.165. The molecule has 0 spiro atoms. The highest BCUT2D eigenvalue weighted by atomic mass is 32.1. The molecule has 7 heteroatoms. The van der Waals surface area contributed by atoms with Crippen LogP contribution in [0.15, 0.2) is 54.7 Å². The molecule has 1 aliphatic rings. The van der Waals surface area contributed by atoms with E-state index in [0.29, 0.717) is 10.7 Å². The number of hydrogen-bond acceptors (Lipinski definition) is 5. The standard InChI is InChI=1S/C21H19N5OS/c27-20(16-8-4-7-15-11-22-25-19(15)16)24-21-23-17-9-10-26(13-18(17)28-21)12-14-5-2-1-3-6-14/h1-8,11H,9-10,12-13H2,(H,22,25)(H,23,24,27). The summed E-state index contributed by atoms with van der Waals surface area (Å²) in [5.74, 6) is -0.165. The highest BCUT2D eigenvalue weighted by molar-refractivity contribution is 7.15. The van der Waals surface area contributed by atoms with Crippen molar-refractivity contribution in [1.82, 2.24) is 20.1 Å². The van der Waals surface area contributed by atoms with Crippen LogP contribution in [0.4, 0.5) is 5.13 Å². The molecule has 2 aromatic heterocycles. The molecule has 2 N–H and O–H groups in total. The summed E-state index contributed by atoms with van der Waals surface area (Å²) in [6.07, 6.45) is 2.63. The lowest BCUT2D eigenvalue weighted by Gasteiger charge is -2.25. The van der Waals surface area contributed by atoms with Crippen molar-refractivity contribution >= 4 is 33.3 Å². The van der Waals surface area contributed by atoms with Crippen molar-refractivity contribution < 1.29 is 4.79 Å². The van der Waals surface area contributed by atoms with E-state index in [1.165, 1.54) is 10.4 Å². The van der Waals surface area contributed by atoms with E-state index in [0.717, 1.165) is 42.7 Å². The number of benzene rings is 2. The third-order valence-corrected chi connectivity index (χ3v) is 6.00. The Bertz CT molecular complexity index is 1130. The van der Waals surface area contributed by atoms with Crippen molar-refractivity contribution in [3.63, 3.8) is 0 Å². The van der Waals surface area contributed by atoms with E-state index >= 15 is 0 Å². The SMILES string of the molecule is O=C(Nc1nc2c(s1)CN(Cc1ccccc1)CC2)c1cccc2cn[nH]c12. The Kier molecular flexibility index (Phi) is 4.38. The number of thiazole rings is 1. The zero-order chi connectivity index (χ0) is 18.9. The normalized spacial score (nSPS) is 14.1. The van der Waals surface area contributed by atoms with E-state index in [9.17, 15) is 4.79 Å². The highest BCUT2D eigenvalue weighted by Gasteiger charge is 2.22. The van der Waals surface area contributed by atoms with Crippen LogP contribution in [0.1, 0.15) is 26.5 Å². The van der Waals surface area contributed by atoms with Gasteiger partial charge in [0.15, 0.2) is 5.13 Å². The molecule has 0 bridgehead atoms. The van der Waals surface area contributed by atoms with Gasteiger partial charge in [0.1, 0.15) is 0 Å². The van der Waals surface area contributed by atoms with Crippen molar-refractivity contribution in [2.75, 3.05) is 11.9 Å². The average Bonchev–Trinajstić information content (AvgIpc) is 3.34. The molecule has 0 saturated carbocycles. The molecule has 4 aromatic rings. The lowest BCUT2D eigenvalue weighted by Crippen LogP contribution is -2.29. The van der Waals surface area contributed by atoms with E-state index in [4.69, 9.17) is 0 Å². The summed E-state index contributed by atoms with van der Waals surface area (Å²) in [6, 6.07) is 16.1. The van der Waals surface area contributed by atoms with Crippen molar-refractivity contribution in [2.45, 2.75) is 19.5 Å². The topological polar surface area (TPSA) is 73.9 Å². The van der Waals surface area contributed by atoms with Gasteiger partial charge in [0.25, 0.3) is 5.91 Å². The summed E-state index contributed by atoms with van der Waals surface area (Å²) >= 11 is 1.57. The van der Waals surface area contributed by atoms with Gasteiger partial charge >= 0.3 is 0 Å². The molecule has 0 atom stereocenters. The first-order valence-corrected chi connectivity index (χ1v) is 10.1. The van der Waals surface area contributed by atoms with Crippen LogP contribution in [0, 0.1) is 0 Å². The minimum atomic E-state index is -0.165. The number of aromatic nitrogens is 3. The van der Waals surface area contributed by atoms with Crippen LogP contribution in [-0.2, 0) is 19.5 Å². The maximum Gasteiger partial charge on any atom is 0.259 e. The zero-order valence-electron chi connectivity index (χ0n) is 15.2. The summed E-state index contributed by atoms with van der Waals surface area (Å²) in [4.78, 5) is 21.1. The predicted octanol–water partition coefficient (Wildman–Crippen LogP) is 3.83. The maximum absolute atomic E-state index is 12.7. The van der Waals surface area contributed by atoms with E-state index in [-0.39, 0.29) is 5.91 Å². The second-order valence-corrected chi connectivity index (χ2v) is 8.01. The Hall–Kier alpha value is -3.03. The fourth-order valence-corrected chi connectivity index (χ4v) is 4.65. The lowest BCUT2D eigenvalue weighted by atomic mass is 10.1. The number of anilines is 1. The number of aromatic amines is 1. The van der Waals surface area contributed by atoms with E-state index < -0.39 is 0 Å². The maximum atomic E-state index is 12.7. The average molecular weight is 389 g/mol. The Morgan fingerprint density at radius 1 is 1.18 bits per heavy atom. The van der Waals surface area contributed by atoms with Gasteiger partial charge in [0.2, 0.25) is 0 Å². The van der Waals surface area contributed by atoms with Gasteiger partial charge in [-0.15, -0.1) is 11.3 Å². The first-order chi connectivity index (χ1) is 13.8. The largest absolute Gasteiger partial charge is 0.298 e. The number of carbonyl (C=O) groups excluding carboxylic acids is 1. The first kappa shape index (κ1) is 17.1. The van der Waals surface area contributed by atoms with Crippen molar-refractivity contribution in [1.29, 1.82) is 0 Å². The number of nitrogens with zero attached hydrogens (tertiary/aromatic N) is 3. The van der Waals surface area contributed by atoms with E-state index in [1.54, 1.807) is 23.6 Å². The molecule has 6 nitrogen and oxygen atoms in total. The zero-order valence-corrected chi connectivity index (χ0v) is 16.0. The van der Waals surface area contributed by atoms with Crippen molar-refractivity contribution in [2.24, 2.45) is 0 Å². The molecule has 0 radical (unpaired) electrons. The van der Waals surface area contributed by atoms with Crippen LogP contribution >= 0.6 is 11.3 Å². The van der Waals surface area contributed by atoms with Crippen LogP contribution < -0.4 is 5.32 Å². The van der Waals surface area contributed by atoms with Crippen LogP contribution in [0.25, 0.3) is 10.9 Å².